The number of hydrogen-bond acceptors (Lipinski definition) is 7. The summed E-state index contributed by atoms with van der Waals surface area (Å²) in [7, 11) is -3.36. The third kappa shape index (κ3) is 6.36. The Morgan fingerprint density at radius 2 is 1.31 bits per heavy atom. The molecule has 0 amide bonds. The van der Waals surface area contributed by atoms with Crippen LogP contribution in [0.15, 0.2) is 97.3 Å². The van der Waals surface area contributed by atoms with E-state index in [2.05, 4.69) is 41.4 Å². The molecule has 0 bridgehead atoms. The summed E-state index contributed by atoms with van der Waals surface area (Å²) in [6.45, 7) is 5.34. The molecule has 1 unspecified atom stereocenters. The van der Waals surface area contributed by atoms with Gasteiger partial charge >= 0.3 is 13.6 Å². The molecule has 0 fully saturated rings. The van der Waals surface area contributed by atoms with Crippen molar-refractivity contribution in [1.82, 2.24) is 14.8 Å². The van der Waals surface area contributed by atoms with E-state index in [1.165, 1.54) is 6.92 Å². The predicted molar refractivity (Wildman–Crippen MR) is 149 cm³/mol. The van der Waals surface area contributed by atoms with Gasteiger partial charge in [0.15, 0.2) is 11.9 Å². The van der Waals surface area contributed by atoms with Crippen molar-refractivity contribution in [3.05, 3.63) is 120 Å². The summed E-state index contributed by atoms with van der Waals surface area (Å²) in [5, 5.41) is 4.91. The first kappa shape index (κ1) is 28.4. The first-order valence-corrected chi connectivity index (χ1v) is 14.8. The predicted octanol–water partition coefficient (Wildman–Crippen LogP) is 6.38. The summed E-state index contributed by atoms with van der Waals surface area (Å²) in [6, 6.07) is 30.3. The van der Waals surface area contributed by atoms with Crippen LogP contribution in [0.4, 0.5) is 0 Å². The molecule has 4 rings (SSSR count). The van der Waals surface area contributed by atoms with Crippen LogP contribution in [-0.2, 0) is 28.7 Å². The number of hydrogen-bond donors (Lipinski definition) is 0. The minimum atomic E-state index is -3.36. The van der Waals surface area contributed by atoms with Gasteiger partial charge in [0, 0.05) is 13.3 Å². The summed E-state index contributed by atoms with van der Waals surface area (Å²) in [4.78, 5) is 16.7. The smallest absolute Gasteiger partial charge is 0.330 e. The van der Waals surface area contributed by atoms with E-state index in [9.17, 15) is 9.36 Å². The van der Waals surface area contributed by atoms with Crippen LogP contribution < -0.4 is 0 Å². The molecule has 204 valence electrons. The van der Waals surface area contributed by atoms with Crippen molar-refractivity contribution in [1.29, 1.82) is 0 Å². The van der Waals surface area contributed by atoms with Crippen molar-refractivity contribution < 1.29 is 23.1 Å². The molecule has 1 aromatic heterocycles. The van der Waals surface area contributed by atoms with Crippen LogP contribution in [0.1, 0.15) is 55.8 Å². The Labute approximate surface area is 229 Å². The van der Waals surface area contributed by atoms with Gasteiger partial charge in [0.25, 0.3) is 0 Å². The third-order valence-corrected chi connectivity index (χ3v) is 8.45. The Morgan fingerprint density at radius 1 is 0.846 bits per heavy atom. The van der Waals surface area contributed by atoms with E-state index in [-0.39, 0.29) is 25.8 Å². The molecule has 0 saturated carbocycles. The zero-order valence-corrected chi connectivity index (χ0v) is 23.4. The van der Waals surface area contributed by atoms with E-state index in [1.54, 1.807) is 20.2 Å². The standard InChI is InChI=1S/C30H34N3O5P/c1-4-36-39(35,37-5-2)22-21-28(38-24(3)34)29-31-23-33(32-29)30(25-15-9-6-10-16-25,26-17-11-7-12-18-26)27-19-13-8-14-20-27/h6-20,23,28H,4-5,21-22H2,1-3H3. The van der Waals surface area contributed by atoms with Gasteiger partial charge in [-0.25, -0.2) is 9.67 Å². The molecule has 39 heavy (non-hydrogen) atoms. The number of ether oxygens (including phenoxy) is 1. The monoisotopic (exact) mass is 547 g/mol. The lowest BCUT2D eigenvalue weighted by Gasteiger charge is -2.36. The molecule has 1 heterocycles. The van der Waals surface area contributed by atoms with Crippen molar-refractivity contribution in [2.75, 3.05) is 19.4 Å². The molecule has 0 spiro atoms. The SMILES string of the molecule is CCOP(=O)(CCC(OC(C)=O)c1ncn(C(c2ccccc2)(c2ccccc2)c2ccccc2)n1)OCC. The van der Waals surface area contributed by atoms with Crippen molar-refractivity contribution in [2.24, 2.45) is 0 Å². The first-order valence-electron chi connectivity index (χ1n) is 13.1. The topological polar surface area (TPSA) is 92.5 Å². The van der Waals surface area contributed by atoms with Crippen LogP contribution in [0, 0.1) is 0 Å². The van der Waals surface area contributed by atoms with Crippen molar-refractivity contribution in [3.63, 3.8) is 0 Å². The number of rotatable bonds is 13. The summed E-state index contributed by atoms with van der Waals surface area (Å²) in [5.41, 5.74) is 2.10. The maximum absolute atomic E-state index is 13.1. The second-order valence-corrected chi connectivity index (χ2v) is 11.1. The molecule has 9 heteroatoms. The zero-order valence-electron chi connectivity index (χ0n) is 22.5. The fourth-order valence-corrected chi connectivity index (χ4v) is 6.47. The normalized spacial score (nSPS) is 12.7. The molecule has 4 aromatic rings. The Balaban J connectivity index is 1.83. The lowest BCUT2D eigenvalue weighted by Crippen LogP contribution is -2.38. The number of nitrogens with zero attached hydrogens (tertiary/aromatic N) is 3. The van der Waals surface area contributed by atoms with Gasteiger partial charge < -0.3 is 13.8 Å². The van der Waals surface area contributed by atoms with Gasteiger partial charge in [0.1, 0.15) is 11.9 Å². The van der Waals surface area contributed by atoms with E-state index in [1.807, 2.05) is 59.3 Å². The molecule has 0 N–H and O–H groups in total. The van der Waals surface area contributed by atoms with Crippen LogP contribution in [0.5, 0.6) is 0 Å². The summed E-state index contributed by atoms with van der Waals surface area (Å²) in [5.74, 6) is -0.184. The summed E-state index contributed by atoms with van der Waals surface area (Å²) >= 11 is 0. The lowest BCUT2D eigenvalue weighted by molar-refractivity contribution is -0.147. The van der Waals surface area contributed by atoms with Gasteiger partial charge in [-0.2, -0.15) is 5.10 Å². The van der Waals surface area contributed by atoms with Crippen molar-refractivity contribution in [3.8, 4) is 0 Å². The number of benzene rings is 3. The summed E-state index contributed by atoms with van der Waals surface area (Å²) in [6.07, 6.45) is 1.06. The van der Waals surface area contributed by atoms with Gasteiger partial charge in [-0.3, -0.25) is 9.36 Å². The van der Waals surface area contributed by atoms with E-state index >= 15 is 0 Å². The maximum Gasteiger partial charge on any atom is 0.330 e. The molecule has 1 atom stereocenters. The Kier molecular flexibility index (Phi) is 9.46. The molecule has 0 saturated heterocycles. The molecule has 3 aromatic carbocycles. The molecular weight excluding hydrogens is 513 g/mol. The minimum absolute atomic E-state index is 0.0579. The number of carbonyl (C=O) groups excluding carboxylic acids is 1. The van der Waals surface area contributed by atoms with Crippen LogP contribution in [-0.4, -0.2) is 40.1 Å². The van der Waals surface area contributed by atoms with Crippen molar-refractivity contribution >= 4 is 13.6 Å². The van der Waals surface area contributed by atoms with E-state index in [4.69, 9.17) is 18.9 Å². The van der Waals surface area contributed by atoms with E-state index < -0.39 is 25.2 Å². The van der Waals surface area contributed by atoms with Crippen LogP contribution in [0.3, 0.4) is 0 Å². The lowest BCUT2D eigenvalue weighted by atomic mass is 9.77. The van der Waals surface area contributed by atoms with Gasteiger partial charge in [0.2, 0.25) is 0 Å². The third-order valence-electron chi connectivity index (χ3n) is 6.34. The highest BCUT2D eigenvalue weighted by Crippen LogP contribution is 2.50. The highest BCUT2D eigenvalue weighted by Gasteiger charge is 2.40. The van der Waals surface area contributed by atoms with Gasteiger partial charge in [-0.1, -0.05) is 91.0 Å². The summed E-state index contributed by atoms with van der Waals surface area (Å²) < 4.78 is 31.4. The number of esters is 1. The fourth-order valence-electron chi connectivity index (χ4n) is 4.80. The van der Waals surface area contributed by atoms with Gasteiger partial charge in [0.05, 0.1) is 19.4 Å². The van der Waals surface area contributed by atoms with Crippen LogP contribution in [0.25, 0.3) is 0 Å². The second kappa shape index (κ2) is 13.0. The molecule has 0 radical (unpaired) electrons. The van der Waals surface area contributed by atoms with Crippen LogP contribution in [0.2, 0.25) is 0 Å². The quantitative estimate of drug-likeness (QED) is 0.109. The Bertz CT molecular complexity index is 1270. The van der Waals surface area contributed by atoms with E-state index in [0.717, 1.165) is 16.7 Å². The number of aromatic nitrogens is 3. The van der Waals surface area contributed by atoms with Crippen molar-refractivity contribution in [2.45, 2.75) is 38.8 Å². The highest BCUT2D eigenvalue weighted by atomic mass is 31.2. The largest absolute Gasteiger partial charge is 0.454 e. The van der Waals surface area contributed by atoms with E-state index in [0.29, 0.717) is 5.82 Å². The molecule has 8 nitrogen and oxygen atoms in total. The molecule has 0 aliphatic rings. The zero-order chi connectivity index (χ0) is 27.7. The van der Waals surface area contributed by atoms with Crippen LogP contribution >= 0.6 is 7.60 Å². The fraction of sp³-hybridized carbons (Fsp3) is 0.300. The average molecular weight is 548 g/mol. The van der Waals surface area contributed by atoms with Gasteiger partial charge in [-0.05, 0) is 30.5 Å². The Morgan fingerprint density at radius 3 is 1.72 bits per heavy atom. The van der Waals surface area contributed by atoms with Gasteiger partial charge in [-0.15, -0.1) is 0 Å². The molecular formula is C30H34N3O5P. The first-order chi connectivity index (χ1) is 18.9. The average Bonchev–Trinajstić information content (AvgIpc) is 3.44. The molecule has 0 aliphatic carbocycles. The second-order valence-electron chi connectivity index (χ2n) is 8.91. The minimum Gasteiger partial charge on any atom is -0.454 e. The molecule has 0 aliphatic heterocycles. The maximum atomic E-state index is 13.1. The number of carbonyl (C=O) groups is 1. The highest BCUT2D eigenvalue weighted by molar-refractivity contribution is 7.53. The Hall–Kier alpha value is -3.58.